The van der Waals surface area contributed by atoms with Crippen molar-refractivity contribution in [3.63, 3.8) is 0 Å². The number of halogens is 1. The summed E-state index contributed by atoms with van der Waals surface area (Å²) >= 11 is 3.50. The Morgan fingerprint density at radius 3 is 2.55 bits per heavy atom. The van der Waals surface area contributed by atoms with E-state index in [1.165, 1.54) is 0 Å². The number of nitrogens with zero attached hydrogens (tertiary/aromatic N) is 3. The maximum absolute atomic E-state index is 12.8. The second kappa shape index (κ2) is 8.61. The molecule has 0 spiro atoms. The van der Waals surface area contributed by atoms with Crippen LogP contribution in [0.5, 0.6) is 0 Å². The molecule has 1 aliphatic rings. The van der Waals surface area contributed by atoms with Gasteiger partial charge in [0, 0.05) is 23.0 Å². The molecule has 0 bridgehead atoms. The lowest BCUT2D eigenvalue weighted by molar-refractivity contribution is 0.0234. The number of ether oxygens (including phenoxy) is 1. The van der Waals surface area contributed by atoms with E-state index < -0.39 is 11.5 Å². The lowest BCUT2D eigenvalue weighted by Gasteiger charge is -2.26. The normalized spacial score (nSPS) is 17.0. The van der Waals surface area contributed by atoms with Crippen molar-refractivity contribution in [2.75, 3.05) is 6.54 Å². The molecule has 8 nitrogen and oxygen atoms in total. The molecule has 0 radical (unpaired) electrons. The number of rotatable bonds is 2. The molecule has 1 aromatic heterocycles. The summed E-state index contributed by atoms with van der Waals surface area (Å²) < 4.78 is 11.7. The first-order valence-electron chi connectivity index (χ1n) is 10.2. The van der Waals surface area contributed by atoms with Gasteiger partial charge in [0.15, 0.2) is 0 Å². The number of amides is 2. The van der Waals surface area contributed by atoms with Crippen molar-refractivity contribution in [2.45, 2.75) is 71.6 Å². The van der Waals surface area contributed by atoms with Gasteiger partial charge in [0.05, 0.1) is 6.04 Å². The first-order chi connectivity index (χ1) is 14.3. The molecule has 1 atom stereocenters. The molecular formula is C22H29BrN4O4. The molecule has 0 saturated heterocycles. The summed E-state index contributed by atoms with van der Waals surface area (Å²) in [5.41, 5.74) is 0.954. The largest absolute Gasteiger partial charge is 0.444 e. The van der Waals surface area contributed by atoms with Crippen LogP contribution in [0.4, 0.5) is 4.79 Å². The molecule has 31 heavy (non-hydrogen) atoms. The van der Waals surface area contributed by atoms with Crippen LogP contribution in [0.15, 0.2) is 27.2 Å². The highest BCUT2D eigenvalue weighted by Crippen LogP contribution is 2.30. The number of hydrogen-bond donors (Lipinski definition) is 1. The molecule has 1 aromatic carbocycles. The average Bonchev–Trinajstić information content (AvgIpc) is 3.07. The lowest BCUT2D eigenvalue weighted by Crippen LogP contribution is -2.37. The zero-order chi connectivity index (χ0) is 23.0. The van der Waals surface area contributed by atoms with Gasteiger partial charge in [0.25, 0.3) is 11.7 Å². The Morgan fingerprint density at radius 2 is 1.94 bits per heavy atom. The molecule has 168 valence electrons. The zero-order valence-corrected chi connectivity index (χ0v) is 20.4. The molecule has 1 aliphatic heterocycles. The monoisotopic (exact) mass is 492 g/mol. The Kier molecular flexibility index (Phi) is 6.45. The van der Waals surface area contributed by atoms with Crippen LogP contribution in [0.3, 0.4) is 0 Å². The van der Waals surface area contributed by atoms with Gasteiger partial charge in [-0.3, -0.25) is 4.79 Å². The van der Waals surface area contributed by atoms with E-state index in [9.17, 15) is 9.59 Å². The van der Waals surface area contributed by atoms with Gasteiger partial charge < -0.3 is 19.5 Å². The smallest absolute Gasteiger partial charge is 0.410 e. The van der Waals surface area contributed by atoms with Gasteiger partial charge in [0.1, 0.15) is 5.60 Å². The van der Waals surface area contributed by atoms with Crippen LogP contribution in [0.1, 0.15) is 81.6 Å². The summed E-state index contributed by atoms with van der Waals surface area (Å²) in [5, 5.41) is 6.84. The number of benzene rings is 1. The quantitative estimate of drug-likeness (QED) is 0.649. The van der Waals surface area contributed by atoms with E-state index >= 15 is 0 Å². The molecule has 0 saturated carbocycles. The average molecular weight is 493 g/mol. The molecule has 9 heteroatoms. The highest BCUT2D eigenvalue weighted by atomic mass is 79.9. The Morgan fingerprint density at radius 1 is 1.23 bits per heavy atom. The number of carbonyl (C=O) groups excluding carboxylic acids is 2. The molecule has 0 aliphatic carbocycles. The first-order valence-corrected chi connectivity index (χ1v) is 11.0. The summed E-state index contributed by atoms with van der Waals surface area (Å²) in [4.78, 5) is 31.4. The van der Waals surface area contributed by atoms with Gasteiger partial charge in [-0.25, -0.2) is 4.79 Å². The van der Waals surface area contributed by atoms with Gasteiger partial charge >= 0.3 is 6.09 Å². The Bertz CT molecular complexity index is 975. The summed E-state index contributed by atoms with van der Waals surface area (Å²) in [6.07, 6.45) is 0.155. The minimum Gasteiger partial charge on any atom is -0.444 e. The van der Waals surface area contributed by atoms with E-state index in [4.69, 9.17) is 9.26 Å². The SMILES string of the molecule is CC(C)(C)OC(=O)N1CC[C@@H](NC(=O)c2noc(C(C)(C)C)n2)c2ccc(Br)cc2C1. The number of hydrogen-bond acceptors (Lipinski definition) is 6. The molecule has 3 rings (SSSR count). The Balaban J connectivity index is 1.82. The van der Waals surface area contributed by atoms with Gasteiger partial charge in [0.2, 0.25) is 5.89 Å². The van der Waals surface area contributed by atoms with E-state index in [0.29, 0.717) is 25.4 Å². The molecule has 0 fully saturated rings. The van der Waals surface area contributed by atoms with Crippen LogP contribution >= 0.6 is 15.9 Å². The predicted molar refractivity (Wildman–Crippen MR) is 119 cm³/mol. The maximum Gasteiger partial charge on any atom is 0.410 e. The van der Waals surface area contributed by atoms with E-state index in [1.54, 1.807) is 4.90 Å². The van der Waals surface area contributed by atoms with Crippen molar-refractivity contribution < 1.29 is 18.8 Å². The van der Waals surface area contributed by atoms with Gasteiger partial charge in [-0.15, -0.1) is 0 Å². The van der Waals surface area contributed by atoms with Crippen LogP contribution in [0.2, 0.25) is 0 Å². The van der Waals surface area contributed by atoms with E-state index in [1.807, 2.05) is 59.7 Å². The van der Waals surface area contributed by atoms with Crippen LogP contribution in [-0.4, -0.2) is 39.2 Å². The van der Waals surface area contributed by atoms with E-state index in [-0.39, 0.29) is 23.4 Å². The lowest BCUT2D eigenvalue weighted by atomic mass is 9.97. The standard InChI is InChI=1S/C22H29BrN4O4/c1-21(2,3)19-25-17(26-31-19)18(28)24-16-9-10-27(20(29)30-22(4,5)6)12-13-11-14(23)7-8-15(13)16/h7-8,11,16H,9-10,12H2,1-6H3,(H,24,28)/t16-/m1/s1. The highest BCUT2D eigenvalue weighted by Gasteiger charge is 2.30. The second-order valence-electron chi connectivity index (χ2n) is 9.73. The fraction of sp³-hybridized carbons (Fsp3) is 0.545. The predicted octanol–water partition coefficient (Wildman–Crippen LogP) is 4.74. The summed E-state index contributed by atoms with van der Waals surface area (Å²) in [7, 11) is 0. The van der Waals surface area contributed by atoms with Crippen molar-refractivity contribution in [1.82, 2.24) is 20.4 Å². The molecule has 1 N–H and O–H groups in total. The minimum atomic E-state index is -0.583. The third-order valence-electron chi connectivity index (χ3n) is 4.76. The second-order valence-corrected chi connectivity index (χ2v) is 10.6. The van der Waals surface area contributed by atoms with Gasteiger partial charge in [-0.05, 0) is 50.5 Å². The summed E-state index contributed by atoms with van der Waals surface area (Å²) in [5.74, 6) is -0.0142. The zero-order valence-electron chi connectivity index (χ0n) is 18.8. The molecular weight excluding hydrogens is 464 g/mol. The molecule has 2 amide bonds. The van der Waals surface area contributed by atoms with Crippen LogP contribution in [0.25, 0.3) is 0 Å². The van der Waals surface area contributed by atoms with Crippen LogP contribution in [-0.2, 0) is 16.7 Å². The third kappa shape index (κ3) is 5.84. The number of aromatic nitrogens is 2. The van der Waals surface area contributed by atoms with Crippen molar-refractivity contribution in [3.05, 3.63) is 45.5 Å². The van der Waals surface area contributed by atoms with Crippen LogP contribution < -0.4 is 5.32 Å². The number of carbonyl (C=O) groups is 2. The third-order valence-corrected chi connectivity index (χ3v) is 5.25. The van der Waals surface area contributed by atoms with Crippen LogP contribution in [0, 0.1) is 0 Å². The molecule has 2 aromatic rings. The summed E-state index contributed by atoms with van der Waals surface area (Å²) in [6.45, 7) is 12.2. The maximum atomic E-state index is 12.8. The van der Waals surface area contributed by atoms with Gasteiger partial charge in [-0.1, -0.05) is 47.9 Å². The van der Waals surface area contributed by atoms with Gasteiger partial charge in [-0.2, -0.15) is 4.98 Å². The Hall–Kier alpha value is -2.42. The highest BCUT2D eigenvalue weighted by molar-refractivity contribution is 9.10. The fourth-order valence-electron chi connectivity index (χ4n) is 3.25. The van der Waals surface area contributed by atoms with Crippen molar-refractivity contribution in [2.24, 2.45) is 0 Å². The first kappa shape index (κ1) is 23.2. The number of fused-ring (bicyclic) bond motifs is 1. The van der Waals surface area contributed by atoms with Crippen molar-refractivity contribution >= 4 is 27.9 Å². The number of nitrogens with one attached hydrogen (secondary N) is 1. The minimum absolute atomic E-state index is 0.00293. The molecule has 0 unspecified atom stereocenters. The summed E-state index contributed by atoms with van der Waals surface area (Å²) in [6, 6.07) is 5.54. The van der Waals surface area contributed by atoms with Crippen molar-refractivity contribution in [1.29, 1.82) is 0 Å². The molecule has 2 heterocycles. The fourth-order valence-corrected chi connectivity index (χ4v) is 3.66. The van der Waals surface area contributed by atoms with E-state index in [2.05, 4.69) is 31.4 Å². The van der Waals surface area contributed by atoms with E-state index in [0.717, 1.165) is 15.6 Å². The topological polar surface area (TPSA) is 97.6 Å². The Labute approximate surface area is 190 Å². The van der Waals surface area contributed by atoms with Crippen molar-refractivity contribution in [3.8, 4) is 0 Å².